The molecular formula is C20H20N6O3S. The lowest BCUT2D eigenvalue weighted by Gasteiger charge is -2.26. The fourth-order valence-corrected chi connectivity index (χ4v) is 4.36. The molecule has 30 heavy (non-hydrogen) atoms. The van der Waals surface area contributed by atoms with E-state index >= 15 is 0 Å². The number of rotatable bonds is 5. The number of nitrogens with one attached hydrogen (secondary N) is 1. The van der Waals surface area contributed by atoms with Gasteiger partial charge in [-0.15, -0.1) is 11.3 Å². The maximum atomic E-state index is 12.4. The molecule has 1 saturated heterocycles. The topological polar surface area (TPSA) is 121 Å². The van der Waals surface area contributed by atoms with Crippen molar-refractivity contribution < 1.29 is 14.7 Å². The molecule has 1 amide bonds. The molecule has 1 fully saturated rings. The van der Waals surface area contributed by atoms with Crippen LogP contribution in [0.3, 0.4) is 0 Å². The van der Waals surface area contributed by atoms with Crippen LogP contribution in [0.4, 0.5) is 10.9 Å². The zero-order valence-corrected chi connectivity index (χ0v) is 17.1. The molecule has 0 radical (unpaired) electrons. The van der Waals surface area contributed by atoms with E-state index in [0.29, 0.717) is 22.8 Å². The third-order valence-corrected chi connectivity index (χ3v) is 5.82. The van der Waals surface area contributed by atoms with Crippen LogP contribution in [0.15, 0.2) is 30.2 Å². The lowest BCUT2D eigenvalue weighted by Crippen LogP contribution is -2.31. The summed E-state index contributed by atoms with van der Waals surface area (Å²) in [4.78, 5) is 43.4. The van der Waals surface area contributed by atoms with Crippen LogP contribution in [-0.2, 0) is 0 Å². The van der Waals surface area contributed by atoms with Crippen molar-refractivity contribution in [3.05, 3.63) is 47.1 Å². The van der Waals surface area contributed by atoms with Gasteiger partial charge in [-0.25, -0.2) is 19.7 Å². The molecule has 0 aliphatic carbocycles. The first-order chi connectivity index (χ1) is 14.5. The minimum Gasteiger partial charge on any atom is -0.478 e. The number of anilines is 2. The predicted octanol–water partition coefficient (Wildman–Crippen LogP) is 3.24. The standard InChI is InChI=1S/C20H20N6O3S/c1-12-13(9-23-20(24-12)26-7-3-2-4-8-26)14-11-30-18(16(14)19(28)29)25-17(27)15-10-21-5-6-22-15/h5-6,9-11H,2-4,7-8H2,1H3,(H,25,27)(H,28,29). The van der Waals surface area contributed by atoms with E-state index in [4.69, 9.17) is 0 Å². The largest absolute Gasteiger partial charge is 0.478 e. The number of aromatic nitrogens is 4. The molecule has 0 atom stereocenters. The molecule has 0 aromatic carbocycles. The van der Waals surface area contributed by atoms with Gasteiger partial charge in [0.1, 0.15) is 16.3 Å². The number of carbonyl (C=O) groups is 2. The lowest BCUT2D eigenvalue weighted by molar-refractivity contribution is 0.0699. The number of carboxylic acids is 1. The molecule has 0 spiro atoms. The molecular weight excluding hydrogens is 404 g/mol. The Hall–Kier alpha value is -3.40. The van der Waals surface area contributed by atoms with Crippen molar-refractivity contribution in [1.82, 2.24) is 19.9 Å². The molecule has 9 nitrogen and oxygen atoms in total. The second-order valence-corrected chi connectivity index (χ2v) is 7.80. The Bertz CT molecular complexity index is 1080. The number of piperidine rings is 1. The van der Waals surface area contributed by atoms with Crippen LogP contribution < -0.4 is 10.2 Å². The van der Waals surface area contributed by atoms with Crippen LogP contribution in [0.5, 0.6) is 0 Å². The van der Waals surface area contributed by atoms with E-state index in [2.05, 4.69) is 30.2 Å². The van der Waals surface area contributed by atoms with Crippen LogP contribution in [-0.4, -0.2) is 50.0 Å². The van der Waals surface area contributed by atoms with Gasteiger partial charge in [0, 0.05) is 48.2 Å². The van der Waals surface area contributed by atoms with Crippen LogP contribution in [0.25, 0.3) is 11.1 Å². The molecule has 3 aromatic rings. The van der Waals surface area contributed by atoms with Crippen molar-refractivity contribution in [2.75, 3.05) is 23.3 Å². The normalized spacial score (nSPS) is 13.8. The van der Waals surface area contributed by atoms with Gasteiger partial charge in [0.2, 0.25) is 5.95 Å². The highest BCUT2D eigenvalue weighted by Crippen LogP contribution is 2.37. The van der Waals surface area contributed by atoms with Crippen LogP contribution >= 0.6 is 11.3 Å². The quantitative estimate of drug-likeness (QED) is 0.640. The van der Waals surface area contributed by atoms with Crippen molar-refractivity contribution in [2.24, 2.45) is 0 Å². The van der Waals surface area contributed by atoms with Crippen LogP contribution in [0.2, 0.25) is 0 Å². The summed E-state index contributed by atoms with van der Waals surface area (Å²) in [5.41, 5.74) is 1.91. The van der Waals surface area contributed by atoms with Gasteiger partial charge < -0.3 is 15.3 Å². The zero-order chi connectivity index (χ0) is 21.1. The smallest absolute Gasteiger partial charge is 0.339 e. The summed E-state index contributed by atoms with van der Waals surface area (Å²) in [6, 6.07) is 0. The van der Waals surface area contributed by atoms with Gasteiger partial charge in [-0.2, -0.15) is 0 Å². The van der Waals surface area contributed by atoms with E-state index in [0.717, 1.165) is 37.3 Å². The Balaban J connectivity index is 1.64. The minimum absolute atomic E-state index is 0.00895. The second kappa shape index (κ2) is 8.54. The van der Waals surface area contributed by atoms with Gasteiger partial charge in [0.15, 0.2) is 0 Å². The Labute approximate surface area is 176 Å². The van der Waals surface area contributed by atoms with E-state index in [1.165, 1.54) is 25.0 Å². The Morgan fingerprint density at radius 3 is 2.57 bits per heavy atom. The molecule has 3 aromatic heterocycles. The number of carboxylic acid groups (broad SMARTS) is 1. The highest BCUT2D eigenvalue weighted by atomic mass is 32.1. The third kappa shape index (κ3) is 3.99. The first kappa shape index (κ1) is 19.9. The first-order valence-corrected chi connectivity index (χ1v) is 10.4. The number of aromatic carboxylic acids is 1. The molecule has 0 bridgehead atoms. The summed E-state index contributed by atoms with van der Waals surface area (Å²) in [5, 5.41) is 14.4. The average Bonchev–Trinajstić information content (AvgIpc) is 3.18. The Kier molecular flexibility index (Phi) is 5.66. The van der Waals surface area contributed by atoms with E-state index in [1.54, 1.807) is 11.6 Å². The van der Waals surface area contributed by atoms with E-state index in [1.807, 2.05) is 6.92 Å². The number of nitrogens with zero attached hydrogens (tertiary/aromatic N) is 5. The number of carbonyl (C=O) groups excluding carboxylic acids is 1. The molecule has 2 N–H and O–H groups in total. The maximum absolute atomic E-state index is 12.4. The molecule has 1 aliphatic heterocycles. The lowest BCUT2D eigenvalue weighted by atomic mass is 10.0. The molecule has 4 heterocycles. The van der Waals surface area contributed by atoms with Gasteiger partial charge >= 0.3 is 5.97 Å². The number of hydrogen-bond acceptors (Lipinski definition) is 8. The fourth-order valence-electron chi connectivity index (χ4n) is 3.41. The molecule has 4 rings (SSSR count). The molecule has 0 saturated carbocycles. The number of aryl methyl sites for hydroxylation is 1. The van der Waals surface area contributed by atoms with Gasteiger partial charge in [0.25, 0.3) is 5.91 Å². The summed E-state index contributed by atoms with van der Waals surface area (Å²) in [5.74, 6) is -0.994. The Morgan fingerprint density at radius 1 is 1.10 bits per heavy atom. The molecule has 10 heteroatoms. The molecule has 0 unspecified atom stereocenters. The molecule has 1 aliphatic rings. The maximum Gasteiger partial charge on any atom is 0.339 e. The van der Waals surface area contributed by atoms with Crippen molar-refractivity contribution in [3.63, 3.8) is 0 Å². The van der Waals surface area contributed by atoms with E-state index < -0.39 is 11.9 Å². The zero-order valence-electron chi connectivity index (χ0n) is 16.3. The van der Waals surface area contributed by atoms with Crippen LogP contribution in [0, 0.1) is 6.92 Å². The van der Waals surface area contributed by atoms with Crippen molar-refractivity contribution >= 4 is 34.2 Å². The van der Waals surface area contributed by atoms with Crippen molar-refractivity contribution in [2.45, 2.75) is 26.2 Å². The third-order valence-electron chi connectivity index (χ3n) is 4.92. The highest BCUT2D eigenvalue weighted by Gasteiger charge is 2.24. The fraction of sp³-hybridized carbons (Fsp3) is 0.300. The van der Waals surface area contributed by atoms with Crippen molar-refractivity contribution in [3.8, 4) is 11.1 Å². The number of thiophene rings is 1. The monoisotopic (exact) mass is 424 g/mol. The SMILES string of the molecule is Cc1nc(N2CCCCC2)ncc1-c1csc(NC(=O)c2cnccn2)c1C(=O)O. The van der Waals surface area contributed by atoms with E-state index in [9.17, 15) is 14.7 Å². The number of amides is 1. The van der Waals surface area contributed by atoms with Crippen molar-refractivity contribution in [1.29, 1.82) is 0 Å². The number of hydrogen-bond donors (Lipinski definition) is 2. The summed E-state index contributed by atoms with van der Waals surface area (Å²) in [6.45, 7) is 3.69. The average molecular weight is 424 g/mol. The minimum atomic E-state index is -1.14. The van der Waals surface area contributed by atoms with Gasteiger partial charge in [0.05, 0.1) is 11.9 Å². The summed E-state index contributed by atoms with van der Waals surface area (Å²) < 4.78 is 0. The van der Waals surface area contributed by atoms with Crippen LogP contribution in [0.1, 0.15) is 45.8 Å². The Morgan fingerprint density at radius 2 is 1.90 bits per heavy atom. The first-order valence-electron chi connectivity index (χ1n) is 9.55. The van der Waals surface area contributed by atoms with Gasteiger partial charge in [-0.3, -0.25) is 9.78 Å². The molecule has 154 valence electrons. The highest BCUT2D eigenvalue weighted by molar-refractivity contribution is 7.15. The van der Waals surface area contributed by atoms with Gasteiger partial charge in [-0.05, 0) is 26.2 Å². The summed E-state index contributed by atoms with van der Waals surface area (Å²) in [7, 11) is 0. The second-order valence-electron chi connectivity index (χ2n) is 6.92. The summed E-state index contributed by atoms with van der Waals surface area (Å²) >= 11 is 1.14. The van der Waals surface area contributed by atoms with Gasteiger partial charge in [-0.1, -0.05) is 0 Å². The van der Waals surface area contributed by atoms with E-state index in [-0.39, 0.29) is 16.3 Å². The summed E-state index contributed by atoms with van der Waals surface area (Å²) in [6.07, 6.45) is 9.29. The predicted molar refractivity (Wildman–Crippen MR) is 113 cm³/mol.